The number of aromatic nitrogens is 3. The third-order valence-corrected chi connectivity index (χ3v) is 8.66. The van der Waals surface area contributed by atoms with E-state index in [0.29, 0.717) is 83.7 Å². The highest BCUT2D eigenvalue weighted by Crippen LogP contribution is 2.40. The second kappa shape index (κ2) is 9.90. The Kier molecular flexibility index (Phi) is 6.26. The Balaban J connectivity index is 1.34. The summed E-state index contributed by atoms with van der Waals surface area (Å²) >= 11 is 0. The number of aliphatic hydroxyl groups is 1. The second-order valence-electron chi connectivity index (χ2n) is 11.2. The average Bonchev–Trinajstić information content (AvgIpc) is 3.65. The molecule has 9 nitrogen and oxygen atoms in total. The molecule has 7 rings (SSSR count). The van der Waals surface area contributed by atoms with Crippen LogP contribution in [0.4, 0.5) is 18.0 Å². The fourth-order valence-corrected chi connectivity index (χ4v) is 6.48. The molecular weight excluding hydrogens is 549 g/mol. The van der Waals surface area contributed by atoms with Crippen LogP contribution in [0.25, 0.3) is 27.8 Å². The first-order chi connectivity index (χ1) is 20.2. The van der Waals surface area contributed by atoms with E-state index < -0.39 is 11.7 Å². The molecule has 3 aliphatic heterocycles. The summed E-state index contributed by atoms with van der Waals surface area (Å²) < 4.78 is 46.3. The minimum absolute atomic E-state index is 0.0263. The van der Waals surface area contributed by atoms with Crippen LogP contribution in [0.5, 0.6) is 0 Å². The number of nitrogens with zero attached hydrogens (tertiary/aromatic N) is 5. The van der Waals surface area contributed by atoms with Crippen molar-refractivity contribution >= 4 is 39.6 Å². The van der Waals surface area contributed by atoms with Gasteiger partial charge in [-0.05, 0) is 48.6 Å². The summed E-state index contributed by atoms with van der Waals surface area (Å²) in [5.41, 5.74) is 2.81. The number of alkyl halides is 3. The summed E-state index contributed by atoms with van der Waals surface area (Å²) in [6.45, 7) is 1.88. The van der Waals surface area contributed by atoms with Crippen molar-refractivity contribution in [3.8, 4) is 0 Å². The number of halogens is 3. The van der Waals surface area contributed by atoms with Crippen LogP contribution in [0.1, 0.15) is 35.2 Å². The van der Waals surface area contributed by atoms with Gasteiger partial charge in [0, 0.05) is 62.7 Å². The number of carbonyl (C=O) groups excluding carboxylic acids is 2. The van der Waals surface area contributed by atoms with Crippen molar-refractivity contribution in [1.82, 2.24) is 29.1 Å². The predicted molar refractivity (Wildman–Crippen MR) is 149 cm³/mol. The van der Waals surface area contributed by atoms with E-state index in [1.807, 2.05) is 22.8 Å². The predicted octanol–water partition coefficient (Wildman–Crippen LogP) is 3.99. The van der Waals surface area contributed by atoms with Crippen molar-refractivity contribution in [2.45, 2.75) is 32.1 Å². The minimum atomic E-state index is -4.60. The number of nitrogens with one attached hydrogen (secondary N) is 1. The summed E-state index contributed by atoms with van der Waals surface area (Å²) in [6, 6.07) is 7.56. The lowest BCUT2D eigenvalue weighted by Gasteiger charge is -2.35. The van der Waals surface area contributed by atoms with Crippen molar-refractivity contribution in [2.75, 3.05) is 32.8 Å². The molecule has 0 unspecified atom stereocenters. The van der Waals surface area contributed by atoms with Crippen LogP contribution in [0.3, 0.4) is 0 Å². The molecule has 0 aliphatic carbocycles. The van der Waals surface area contributed by atoms with Crippen LogP contribution >= 0.6 is 0 Å². The van der Waals surface area contributed by atoms with Gasteiger partial charge in [0.05, 0.1) is 40.8 Å². The van der Waals surface area contributed by atoms with Crippen molar-refractivity contribution in [3.05, 3.63) is 71.3 Å². The van der Waals surface area contributed by atoms with Crippen LogP contribution in [0, 0.1) is 5.92 Å². The Hall–Kier alpha value is -4.32. The van der Waals surface area contributed by atoms with Crippen molar-refractivity contribution in [2.24, 2.45) is 5.92 Å². The summed E-state index contributed by atoms with van der Waals surface area (Å²) in [5, 5.41) is 13.0. The van der Waals surface area contributed by atoms with Crippen molar-refractivity contribution < 1.29 is 27.9 Å². The first-order valence-corrected chi connectivity index (χ1v) is 14.0. The molecule has 1 aromatic carbocycles. The third-order valence-electron chi connectivity index (χ3n) is 8.66. The molecule has 0 saturated carbocycles. The number of aliphatic hydroxyl groups excluding tert-OH is 1. The number of imidazole rings is 1. The van der Waals surface area contributed by atoms with Gasteiger partial charge in [0.1, 0.15) is 5.65 Å². The molecule has 1 saturated heterocycles. The lowest BCUT2D eigenvalue weighted by molar-refractivity contribution is -0.137. The van der Waals surface area contributed by atoms with Gasteiger partial charge in [-0.2, -0.15) is 13.2 Å². The van der Waals surface area contributed by atoms with E-state index in [-0.39, 0.29) is 37.4 Å². The molecule has 2 amide bonds. The number of likely N-dealkylation sites (tertiary alicyclic amines) is 1. The monoisotopic (exact) mass is 578 g/mol. The topological polar surface area (TPSA) is 95.1 Å². The zero-order chi connectivity index (χ0) is 29.2. The summed E-state index contributed by atoms with van der Waals surface area (Å²) in [6.07, 6.45) is 1.99. The molecule has 12 heteroatoms. The number of piperidine rings is 1. The van der Waals surface area contributed by atoms with Gasteiger partial charge < -0.3 is 24.8 Å². The van der Waals surface area contributed by atoms with Gasteiger partial charge in [0.15, 0.2) is 5.78 Å². The first kappa shape index (κ1) is 26.6. The maximum Gasteiger partial charge on any atom is 0.416 e. The number of rotatable bonds is 3. The van der Waals surface area contributed by atoms with E-state index >= 15 is 0 Å². The second-order valence-corrected chi connectivity index (χ2v) is 11.2. The molecule has 2 N–H and O–H groups in total. The highest BCUT2D eigenvalue weighted by Gasteiger charge is 2.36. The zero-order valence-corrected chi connectivity index (χ0v) is 22.7. The van der Waals surface area contributed by atoms with Gasteiger partial charge in [0.2, 0.25) is 0 Å². The average molecular weight is 579 g/mol. The maximum absolute atomic E-state index is 14.2. The molecular formula is C30H29F3N6O3. The number of ketones is 1. The van der Waals surface area contributed by atoms with Gasteiger partial charge in [-0.15, -0.1) is 0 Å². The summed E-state index contributed by atoms with van der Waals surface area (Å²) in [7, 11) is 0. The number of hydrogen-bond donors (Lipinski definition) is 2. The van der Waals surface area contributed by atoms with Gasteiger partial charge in [-0.3, -0.25) is 9.20 Å². The standard InChI is InChI=1S/C30H29F3N6O3/c31-30(32,33)20-11-19-15-38(29(42)36-7-4-18(17-40)5-8-36)10-9-37-16-22(21(12-20)28(19)37)27-26(24(41)14-35-27)23-13-34-25-3-1-2-6-39(23)25/h1-3,6,11-13,16,18,35,40H,4-5,7-10,14-15,17H2. The molecule has 6 heterocycles. The van der Waals surface area contributed by atoms with Gasteiger partial charge >= 0.3 is 12.2 Å². The van der Waals surface area contributed by atoms with Crippen LogP contribution in [0.2, 0.25) is 0 Å². The molecule has 1 fully saturated rings. The number of benzene rings is 1. The number of urea groups is 1. The Labute approximate surface area is 238 Å². The number of fused-ring (bicyclic) bond motifs is 1. The SMILES string of the molecule is O=C1CNC(c2cn3c4c(cc(C(F)(F)F)cc24)CN(C(=O)N2CCC(CO)CC2)CC3)=C1c1cnc2ccccn12. The highest BCUT2D eigenvalue weighted by atomic mass is 19.4. The third kappa shape index (κ3) is 4.32. The summed E-state index contributed by atoms with van der Waals surface area (Å²) in [5.74, 6) is -0.00568. The maximum atomic E-state index is 14.2. The molecule has 42 heavy (non-hydrogen) atoms. The molecule has 0 radical (unpaired) electrons. The van der Waals surface area contributed by atoms with Gasteiger partial charge in [-0.1, -0.05) is 6.07 Å². The smallest absolute Gasteiger partial charge is 0.396 e. The Bertz CT molecular complexity index is 1760. The first-order valence-electron chi connectivity index (χ1n) is 14.0. The highest BCUT2D eigenvalue weighted by molar-refractivity contribution is 6.32. The van der Waals surface area contributed by atoms with Crippen LogP contribution < -0.4 is 5.32 Å². The Morgan fingerprint density at radius 2 is 1.90 bits per heavy atom. The Morgan fingerprint density at radius 1 is 1.10 bits per heavy atom. The van der Waals surface area contributed by atoms with Crippen LogP contribution in [-0.4, -0.2) is 73.5 Å². The largest absolute Gasteiger partial charge is 0.416 e. The Morgan fingerprint density at radius 3 is 2.67 bits per heavy atom. The lowest BCUT2D eigenvalue weighted by Crippen LogP contribution is -2.47. The molecule has 218 valence electrons. The fourth-order valence-electron chi connectivity index (χ4n) is 6.48. The van der Waals surface area contributed by atoms with Crippen LogP contribution in [0.15, 0.2) is 48.9 Å². The number of carbonyl (C=O) groups is 2. The minimum Gasteiger partial charge on any atom is -0.396 e. The molecule has 3 aliphatic rings. The van der Waals surface area contributed by atoms with Crippen molar-refractivity contribution in [1.29, 1.82) is 0 Å². The quantitative estimate of drug-likeness (QED) is 0.384. The number of pyridine rings is 1. The van der Waals surface area contributed by atoms with E-state index in [1.165, 1.54) is 0 Å². The van der Waals surface area contributed by atoms with Crippen LogP contribution in [-0.2, 0) is 24.1 Å². The molecule has 3 aromatic heterocycles. The van der Waals surface area contributed by atoms with E-state index in [4.69, 9.17) is 0 Å². The fraction of sp³-hybridized carbons (Fsp3) is 0.367. The van der Waals surface area contributed by atoms with E-state index in [9.17, 15) is 27.9 Å². The molecule has 0 atom stereocenters. The van der Waals surface area contributed by atoms with E-state index in [2.05, 4.69) is 10.3 Å². The number of hydrogen-bond acceptors (Lipinski definition) is 5. The summed E-state index contributed by atoms with van der Waals surface area (Å²) in [4.78, 5) is 34.4. The van der Waals surface area contributed by atoms with Crippen molar-refractivity contribution in [3.63, 3.8) is 0 Å². The number of Topliss-reactive ketones (excluding diaryl/α,β-unsaturated/α-hetero) is 1. The molecule has 0 bridgehead atoms. The van der Waals surface area contributed by atoms with E-state index in [1.54, 1.807) is 32.8 Å². The zero-order valence-electron chi connectivity index (χ0n) is 22.7. The number of amides is 2. The normalized spacial score (nSPS) is 18.3. The lowest BCUT2D eigenvalue weighted by atomic mass is 9.98. The van der Waals surface area contributed by atoms with E-state index in [0.717, 1.165) is 12.1 Å². The molecule has 0 spiro atoms. The van der Waals surface area contributed by atoms with Gasteiger partial charge in [-0.25, -0.2) is 9.78 Å². The molecule has 4 aromatic rings. The van der Waals surface area contributed by atoms with Gasteiger partial charge in [0.25, 0.3) is 0 Å².